The SMILES string of the molecule is Cc1cc(N2CCN(C(=O)c3cc(-c4cccs4)nn3C)CC2)nc(N2CCCC2)n1. The molecule has 31 heavy (non-hydrogen) atoms. The summed E-state index contributed by atoms with van der Waals surface area (Å²) in [7, 11) is 1.84. The van der Waals surface area contributed by atoms with Gasteiger partial charge in [0, 0.05) is 58.1 Å². The fourth-order valence-electron chi connectivity index (χ4n) is 4.27. The van der Waals surface area contributed by atoms with Crippen LogP contribution >= 0.6 is 11.3 Å². The summed E-state index contributed by atoms with van der Waals surface area (Å²) in [6.45, 7) is 6.94. The Hall–Kier alpha value is -2.94. The number of nitrogens with zero attached hydrogens (tertiary/aromatic N) is 7. The molecule has 0 bridgehead atoms. The summed E-state index contributed by atoms with van der Waals surface area (Å²) >= 11 is 1.63. The van der Waals surface area contributed by atoms with Crippen LogP contribution in [-0.4, -0.2) is 69.8 Å². The molecule has 0 aromatic carbocycles. The molecular formula is C22H27N7OS. The number of anilines is 2. The molecule has 3 aromatic heterocycles. The average Bonchev–Trinajstić information content (AvgIpc) is 3.54. The summed E-state index contributed by atoms with van der Waals surface area (Å²) in [4.78, 5) is 30.1. The number of amides is 1. The summed E-state index contributed by atoms with van der Waals surface area (Å²) in [5, 5.41) is 6.56. The summed E-state index contributed by atoms with van der Waals surface area (Å²) in [6, 6.07) is 7.97. The van der Waals surface area contributed by atoms with Crippen LogP contribution in [0.1, 0.15) is 29.0 Å². The molecule has 3 aromatic rings. The Morgan fingerprint density at radius 1 is 1.00 bits per heavy atom. The van der Waals surface area contributed by atoms with Crippen LogP contribution in [0.3, 0.4) is 0 Å². The van der Waals surface area contributed by atoms with Gasteiger partial charge in [-0.15, -0.1) is 11.3 Å². The molecule has 0 aliphatic carbocycles. The number of aryl methyl sites for hydroxylation is 2. The van der Waals surface area contributed by atoms with Gasteiger partial charge < -0.3 is 14.7 Å². The maximum atomic E-state index is 13.1. The van der Waals surface area contributed by atoms with Gasteiger partial charge in [0.05, 0.1) is 4.88 Å². The minimum absolute atomic E-state index is 0.0362. The Bertz CT molecular complexity index is 1060. The third-order valence-corrected chi connectivity index (χ3v) is 6.87. The fourth-order valence-corrected chi connectivity index (χ4v) is 4.95. The van der Waals surface area contributed by atoms with E-state index in [1.54, 1.807) is 16.0 Å². The fraction of sp³-hybridized carbons (Fsp3) is 0.455. The Labute approximate surface area is 186 Å². The number of carbonyl (C=O) groups excluding carboxylic acids is 1. The molecule has 8 nitrogen and oxygen atoms in total. The largest absolute Gasteiger partial charge is 0.353 e. The quantitative estimate of drug-likeness (QED) is 0.625. The molecular weight excluding hydrogens is 410 g/mol. The van der Waals surface area contributed by atoms with Crippen LogP contribution in [0.15, 0.2) is 29.6 Å². The Kier molecular flexibility index (Phi) is 5.35. The van der Waals surface area contributed by atoms with Gasteiger partial charge in [0.2, 0.25) is 5.95 Å². The molecule has 2 aliphatic heterocycles. The van der Waals surface area contributed by atoms with Crippen LogP contribution in [0.5, 0.6) is 0 Å². The van der Waals surface area contributed by atoms with E-state index < -0.39 is 0 Å². The van der Waals surface area contributed by atoms with Crippen LogP contribution in [0.2, 0.25) is 0 Å². The van der Waals surface area contributed by atoms with E-state index in [1.807, 2.05) is 48.5 Å². The molecule has 2 aliphatic rings. The zero-order chi connectivity index (χ0) is 21.4. The van der Waals surface area contributed by atoms with Gasteiger partial charge in [0.1, 0.15) is 17.2 Å². The van der Waals surface area contributed by atoms with Gasteiger partial charge in [-0.1, -0.05) is 6.07 Å². The highest BCUT2D eigenvalue weighted by Gasteiger charge is 2.26. The lowest BCUT2D eigenvalue weighted by atomic mass is 10.2. The normalized spacial score (nSPS) is 16.9. The van der Waals surface area contributed by atoms with E-state index in [0.717, 1.165) is 54.2 Å². The lowest BCUT2D eigenvalue weighted by Crippen LogP contribution is -2.49. The van der Waals surface area contributed by atoms with Crippen molar-refractivity contribution in [3.63, 3.8) is 0 Å². The molecule has 0 radical (unpaired) electrons. The van der Waals surface area contributed by atoms with Crippen molar-refractivity contribution in [3.8, 4) is 10.6 Å². The number of piperazine rings is 1. The van der Waals surface area contributed by atoms with Crippen LogP contribution in [-0.2, 0) is 7.05 Å². The van der Waals surface area contributed by atoms with Gasteiger partial charge >= 0.3 is 0 Å². The summed E-state index contributed by atoms with van der Waals surface area (Å²) < 4.78 is 1.69. The number of rotatable bonds is 4. The van der Waals surface area contributed by atoms with E-state index in [9.17, 15) is 4.79 Å². The molecule has 9 heteroatoms. The minimum atomic E-state index is 0.0362. The number of aromatic nitrogens is 4. The lowest BCUT2D eigenvalue weighted by Gasteiger charge is -2.35. The third-order valence-electron chi connectivity index (χ3n) is 5.98. The summed E-state index contributed by atoms with van der Waals surface area (Å²) in [6.07, 6.45) is 2.41. The third kappa shape index (κ3) is 4.01. The highest BCUT2D eigenvalue weighted by Crippen LogP contribution is 2.25. The standard InChI is InChI=1S/C22H27N7OS/c1-16-14-20(24-22(23-16)29-7-3-4-8-29)27-9-11-28(12-10-27)21(30)18-15-17(25-26(18)2)19-6-5-13-31-19/h5-6,13-15H,3-4,7-12H2,1-2H3. The van der Waals surface area contributed by atoms with Crippen molar-refractivity contribution >= 4 is 29.0 Å². The van der Waals surface area contributed by atoms with Crippen molar-refractivity contribution in [1.82, 2.24) is 24.6 Å². The second kappa shape index (κ2) is 8.30. The van der Waals surface area contributed by atoms with Crippen LogP contribution in [0, 0.1) is 6.92 Å². The van der Waals surface area contributed by atoms with E-state index in [2.05, 4.69) is 19.9 Å². The molecule has 0 atom stereocenters. The first-order chi connectivity index (χ1) is 15.1. The molecule has 2 fully saturated rings. The molecule has 162 valence electrons. The lowest BCUT2D eigenvalue weighted by molar-refractivity contribution is 0.0735. The molecule has 1 amide bonds. The topological polar surface area (TPSA) is 70.4 Å². The van der Waals surface area contributed by atoms with Crippen LogP contribution < -0.4 is 9.80 Å². The predicted octanol–water partition coefficient (Wildman–Crippen LogP) is 2.81. The molecule has 0 spiro atoms. The molecule has 5 heterocycles. The van der Waals surface area contributed by atoms with Crippen molar-refractivity contribution < 1.29 is 4.79 Å². The highest BCUT2D eigenvalue weighted by molar-refractivity contribution is 7.13. The van der Waals surface area contributed by atoms with Crippen molar-refractivity contribution in [2.24, 2.45) is 7.05 Å². The second-order valence-corrected chi connectivity index (χ2v) is 9.10. The van der Waals surface area contributed by atoms with Crippen molar-refractivity contribution in [3.05, 3.63) is 41.0 Å². The van der Waals surface area contributed by atoms with Crippen molar-refractivity contribution in [1.29, 1.82) is 0 Å². The van der Waals surface area contributed by atoms with Gasteiger partial charge in [0.25, 0.3) is 5.91 Å². The second-order valence-electron chi connectivity index (χ2n) is 8.16. The van der Waals surface area contributed by atoms with E-state index in [0.29, 0.717) is 18.8 Å². The first kappa shape index (κ1) is 20.0. The molecule has 0 saturated carbocycles. The Morgan fingerprint density at radius 2 is 1.77 bits per heavy atom. The number of thiophene rings is 1. The van der Waals surface area contributed by atoms with Crippen molar-refractivity contribution in [2.75, 3.05) is 49.1 Å². The smallest absolute Gasteiger partial charge is 0.272 e. The van der Waals surface area contributed by atoms with Gasteiger partial charge in [0.15, 0.2) is 0 Å². The molecule has 5 rings (SSSR count). The maximum absolute atomic E-state index is 13.1. The van der Waals surface area contributed by atoms with Gasteiger partial charge in [-0.2, -0.15) is 10.1 Å². The summed E-state index contributed by atoms with van der Waals surface area (Å²) in [5.41, 5.74) is 2.47. The van der Waals surface area contributed by atoms with Crippen LogP contribution in [0.25, 0.3) is 10.6 Å². The zero-order valence-corrected chi connectivity index (χ0v) is 18.8. The van der Waals surface area contributed by atoms with Gasteiger partial charge in [-0.05, 0) is 37.3 Å². The van der Waals surface area contributed by atoms with Gasteiger partial charge in [-0.25, -0.2) is 4.98 Å². The van der Waals surface area contributed by atoms with E-state index in [1.165, 1.54) is 12.8 Å². The zero-order valence-electron chi connectivity index (χ0n) is 18.0. The Morgan fingerprint density at radius 3 is 2.48 bits per heavy atom. The maximum Gasteiger partial charge on any atom is 0.272 e. The monoisotopic (exact) mass is 437 g/mol. The van der Waals surface area contributed by atoms with Crippen LogP contribution in [0.4, 0.5) is 11.8 Å². The predicted molar refractivity (Wildman–Crippen MR) is 123 cm³/mol. The molecule has 0 N–H and O–H groups in total. The Balaban J connectivity index is 1.27. The first-order valence-electron chi connectivity index (χ1n) is 10.8. The molecule has 2 saturated heterocycles. The van der Waals surface area contributed by atoms with E-state index in [-0.39, 0.29) is 5.91 Å². The van der Waals surface area contributed by atoms with E-state index >= 15 is 0 Å². The van der Waals surface area contributed by atoms with Crippen molar-refractivity contribution in [2.45, 2.75) is 19.8 Å². The number of carbonyl (C=O) groups is 1. The van der Waals surface area contributed by atoms with Gasteiger partial charge in [-0.3, -0.25) is 9.48 Å². The highest BCUT2D eigenvalue weighted by atomic mass is 32.1. The first-order valence-corrected chi connectivity index (χ1v) is 11.7. The number of hydrogen-bond acceptors (Lipinski definition) is 7. The number of hydrogen-bond donors (Lipinski definition) is 0. The minimum Gasteiger partial charge on any atom is -0.353 e. The summed E-state index contributed by atoms with van der Waals surface area (Å²) in [5.74, 6) is 1.83. The van der Waals surface area contributed by atoms with E-state index in [4.69, 9.17) is 4.98 Å². The average molecular weight is 438 g/mol. The molecule has 0 unspecified atom stereocenters.